The SMILES string of the molecule is Cc1cc(OCC2CCCCN2)ccn1. The van der Waals surface area contributed by atoms with Crippen LogP contribution in [0.3, 0.4) is 0 Å². The molecule has 3 nitrogen and oxygen atoms in total. The van der Waals surface area contributed by atoms with Gasteiger partial charge in [0.25, 0.3) is 0 Å². The Bertz CT molecular complexity index is 308. The summed E-state index contributed by atoms with van der Waals surface area (Å²) < 4.78 is 5.72. The monoisotopic (exact) mass is 206 g/mol. The molecule has 1 atom stereocenters. The fourth-order valence-corrected chi connectivity index (χ4v) is 1.87. The van der Waals surface area contributed by atoms with Gasteiger partial charge >= 0.3 is 0 Å². The lowest BCUT2D eigenvalue weighted by Crippen LogP contribution is -2.38. The zero-order chi connectivity index (χ0) is 10.5. The topological polar surface area (TPSA) is 34.1 Å². The number of ether oxygens (including phenoxy) is 1. The van der Waals surface area contributed by atoms with Gasteiger partial charge < -0.3 is 10.1 Å². The molecule has 2 heterocycles. The Morgan fingerprint density at radius 1 is 1.53 bits per heavy atom. The van der Waals surface area contributed by atoms with Crippen LogP contribution in [0.15, 0.2) is 18.3 Å². The van der Waals surface area contributed by atoms with Crippen LogP contribution < -0.4 is 10.1 Å². The summed E-state index contributed by atoms with van der Waals surface area (Å²) in [5.41, 5.74) is 1.00. The second-order valence-electron chi connectivity index (χ2n) is 4.09. The van der Waals surface area contributed by atoms with Crippen LogP contribution in [0.25, 0.3) is 0 Å². The van der Waals surface area contributed by atoms with Gasteiger partial charge in [-0.05, 0) is 32.4 Å². The molecule has 0 radical (unpaired) electrons. The second kappa shape index (κ2) is 5.12. The van der Waals surface area contributed by atoms with E-state index in [4.69, 9.17) is 4.74 Å². The number of aromatic nitrogens is 1. The third kappa shape index (κ3) is 3.20. The second-order valence-corrected chi connectivity index (χ2v) is 4.09. The number of rotatable bonds is 3. The van der Waals surface area contributed by atoms with Gasteiger partial charge in [0.2, 0.25) is 0 Å². The lowest BCUT2D eigenvalue weighted by Gasteiger charge is -2.23. The fraction of sp³-hybridized carbons (Fsp3) is 0.583. The average molecular weight is 206 g/mol. The summed E-state index contributed by atoms with van der Waals surface area (Å²) in [6.45, 7) is 3.87. The number of piperidine rings is 1. The van der Waals surface area contributed by atoms with Gasteiger partial charge in [0.15, 0.2) is 0 Å². The highest BCUT2D eigenvalue weighted by Gasteiger charge is 2.12. The van der Waals surface area contributed by atoms with Gasteiger partial charge in [-0.1, -0.05) is 6.42 Å². The highest BCUT2D eigenvalue weighted by atomic mass is 16.5. The quantitative estimate of drug-likeness (QED) is 0.820. The molecule has 1 aliphatic heterocycles. The Morgan fingerprint density at radius 2 is 2.47 bits per heavy atom. The minimum Gasteiger partial charge on any atom is -0.492 e. The van der Waals surface area contributed by atoms with Crippen LogP contribution in [0, 0.1) is 6.92 Å². The third-order valence-corrected chi connectivity index (χ3v) is 2.73. The van der Waals surface area contributed by atoms with Crippen molar-refractivity contribution < 1.29 is 4.74 Å². The van der Waals surface area contributed by atoms with E-state index >= 15 is 0 Å². The van der Waals surface area contributed by atoms with Crippen molar-refractivity contribution in [2.75, 3.05) is 13.2 Å². The number of pyridine rings is 1. The Labute approximate surface area is 90.9 Å². The lowest BCUT2D eigenvalue weighted by molar-refractivity contribution is 0.239. The molecule has 0 bridgehead atoms. The number of aryl methyl sites for hydroxylation is 1. The van der Waals surface area contributed by atoms with Crippen molar-refractivity contribution in [1.29, 1.82) is 0 Å². The number of hydrogen-bond acceptors (Lipinski definition) is 3. The molecule has 3 heteroatoms. The Kier molecular flexibility index (Phi) is 3.56. The normalized spacial score (nSPS) is 21.3. The molecule has 1 saturated heterocycles. The summed E-state index contributed by atoms with van der Waals surface area (Å²) in [7, 11) is 0. The van der Waals surface area contributed by atoms with Gasteiger partial charge in [0.05, 0.1) is 0 Å². The summed E-state index contributed by atoms with van der Waals surface area (Å²) in [6, 6.07) is 4.41. The molecule has 0 aliphatic carbocycles. The highest BCUT2D eigenvalue weighted by Crippen LogP contribution is 2.13. The molecular formula is C12H18N2O. The van der Waals surface area contributed by atoms with Crippen LogP contribution in [0.2, 0.25) is 0 Å². The van der Waals surface area contributed by atoms with Crippen LogP contribution in [-0.4, -0.2) is 24.2 Å². The minimum absolute atomic E-state index is 0.521. The van der Waals surface area contributed by atoms with E-state index in [1.807, 2.05) is 19.1 Å². The molecular weight excluding hydrogens is 188 g/mol. The Hall–Kier alpha value is -1.09. The summed E-state index contributed by atoms with van der Waals surface area (Å²) in [6.07, 6.45) is 5.63. The highest BCUT2D eigenvalue weighted by molar-refractivity contribution is 5.21. The first-order valence-electron chi connectivity index (χ1n) is 5.63. The van der Waals surface area contributed by atoms with E-state index in [1.54, 1.807) is 6.20 Å². The van der Waals surface area contributed by atoms with E-state index in [1.165, 1.54) is 19.3 Å². The van der Waals surface area contributed by atoms with Crippen molar-refractivity contribution in [3.8, 4) is 5.75 Å². The first kappa shape index (κ1) is 10.4. The van der Waals surface area contributed by atoms with E-state index in [0.717, 1.165) is 24.6 Å². The molecule has 1 aromatic rings. The molecule has 82 valence electrons. The van der Waals surface area contributed by atoms with Crippen molar-refractivity contribution in [1.82, 2.24) is 10.3 Å². The van der Waals surface area contributed by atoms with Crippen molar-refractivity contribution in [3.63, 3.8) is 0 Å². The van der Waals surface area contributed by atoms with Gasteiger partial charge in [0.1, 0.15) is 12.4 Å². The molecule has 2 rings (SSSR count). The summed E-state index contributed by atoms with van der Waals surface area (Å²) >= 11 is 0. The minimum atomic E-state index is 0.521. The summed E-state index contributed by atoms with van der Waals surface area (Å²) in [5.74, 6) is 0.926. The molecule has 0 saturated carbocycles. The van der Waals surface area contributed by atoms with Crippen molar-refractivity contribution in [2.45, 2.75) is 32.2 Å². The van der Waals surface area contributed by atoms with Gasteiger partial charge in [0, 0.05) is 24.0 Å². The number of hydrogen-bond donors (Lipinski definition) is 1. The van der Waals surface area contributed by atoms with Crippen molar-refractivity contribution in [3.05, 3.63) is 24.0 Å². The average Bonchev–Trinajstić information content (AvgIpc) is 2.28. The fourth-order valence-electron chi connectivity index (χ4n) is 1.87. The third-order valence-electron chi connectivity index (χ3n) is 2.73. The molecule has 1 aliphatic rings. The van der Waals surface area contributed by atoms with Crippen LogP contribution in [0.1, 0.15) is 25.0 Å². The molecule has 1 aromatic heterocycles. The number of nitrogens with one attached hydrogen (secondary N) is 1. The molecule has 1 unspecified atom stereocenters. The lowest BCUT2D eigenvalue weighted by atomic mass is 10.1. The maximum Gasteiger partial charge on any atom is 0.122 e. The first-order valence-corrected chi connectivity index (χ1v) is 5.63. The van der Waals surface area contributed by atoms with Crippen LogP contribution >= 0.6 is 0 Å². The molecule has 15 heavy (non-hydrogen) atoms. The van der Waals surface area contributed by atoms with E-state index in [0.29, 0.717) is 6.04 Å². The Morgan fingerprint density at radius 3 is 3.20 bits per heavy atom. The predicted octanol–water partition coefficient (Wildman–Crippen LogP) is 1.91. The first-order chi connectivity index (χ1) is 7.34. The van der Waals surface area contributed by atoms with Crippen LogP contribution in [0.5, 0.6) is 5.75 Å². The molecule has 0 amide bonds. The van der Waals surface area contributed by atoms with Crippen molar-refractivity contribution >= 4 is 0 Å². The molecule has 0 spiro atoms. The smallest absolute Gasteiger partial charge is 0.122 e. The van der Waals surface area contributed by atoms with Crippen LogP contribution in [0.4, 0.5) is 0 Å². The number of nitrogens with zero attached hydrogens (tertiary/aromatic N) is 1. The largest absolute Gasteiger partial charge is 0.492 e. The van der Waals surface area contributed by atoms with E-state index in [2.05, 4.69) is 10.3 Å². The standard InChI is InChI=1S/C12H18N2O/c1-10-8-12(5-7-13-10)15-9-11-4-2-3-6-14-11/h5,7-8,11,14H,2-4,6,9H2,1H3. The van der Waals surface area contributed by atoms with Crippen molar-refractivity contribution in [2.24, 2.45) is 0 Å². The van der Waals surface area contributed by atoms with Gasteiger partial charge in [-0.25, -0.2) is 0 Å². The van der Waals surface area contributed by atoms with Crippen LogP contribution in [-0.2, 0) is 0 Å². The Balaban J connectivity index is 1.81. The maximum atomic E-state index is 5.72. The van der Waals surface area contributed by atoms with Gasteiger partial charge in [-0.15, -0.1) is 0 Å². The molecule has 0 aromatic carbocycles. The van der Waals surface area contributed by atoms with E-state index in [-0.39, 0.29) is 0 Å². The predicted molar refractivity (Wildman–Crippen MR) is 60.1 cm³/mol. The van der Waals surface area contributed by atoms with Gasteiger partial charge in [-0.3, -0.25) is 4.98 Å². The van der Waals surface area contributed by atoms with Gasteiger partial charge in [-0.2, -0.15) is 0 Å². The molecule has 1 fully saturated rings. The molecule has 1 N–H and O–H groups in total. The zero-order valence-electron chi connectivity index (χ0n) is 9.20. The van der Waals surface area contributed by atoms with E-state index in [9.17, 15) is 0 Å². The van der Waals surface area contributed by atoms with E-state index < -0.39 is 0 Å². The zero-order valence-corrected chi connectivity index (χ0v) is 9.20. The summed E-state index contributed by atoms with van der Waals surface area (Å²) in [4.78, 5) is 4.14. The maximum absolute atomic E-state index is 5.72. The summed E-state index contributed by atoms with van der Waals surface area (Å²) in [5, 5.41) is 3.46.